The van der Waals surface area contributed by atoms with E-state index in [2.05, 4.69) is 13.8 Å². The Labute approximate surface area is 204 Å². The van der Waals surface area contributed by atoms with Crippen molar-refractivity contribution >= 4 is 0 Å². The minimum Gasteiger partial charge on any atom is -0.393 e. The van der Waals surface area contributed by atoms with Gasteiger partial charge in [-0.15, -0.1) is 0 Å². The molecule has 0 amide bonds. The molecule has 1 aliphatic heterocycles. The number of rotatable bonds is 3. The molecule has 0 unspecified atom stereocenters. The largest absolute Gasteiger partial charge is 0.393 e. The van der Waals surface area contributed by atoms with E-state index < -0.39 is 30.7 Å². The molecule has 0 bridgehead atoms. The maximum atomic E-state index is 10.5. The summed E-state index contributed by atoms with van der Waals surface area (Å²) in [4.78, 5) is 0. The summed E-state index contributed by atoms with van der Waals surface area (Å²) in [6.45, 7) is 8.47. The number of ether oxygens (including phenoxy) is 2. The van der Waals surface area contributed by atoms with E-state index in [1.165, 1.54) is 6.42 Å². The van der Waals surface area contributed by atoms with Crippen LogP contribution in [0, 0.1) is 34.5 Å². The molecule has 7 nitrogen and oxygen atoms in total. The summed E-state index contributed by atoms with van der Waals surface area (Å²) in [5.41, 5.74) is 7.40. The lowest BCUT2D eigenvalue weighted by Gasteiger charge is -2.64. The maximum Gasteiger partial charge on any atom is 0.186 e. The number of aliphatic hydroxyl groups excluding tert-OH is 4. The van der Waals surface area contributed by atoms with Crippen LogP contribution in [0.4, 0.5) is 0 Å². The van der Waals surface area contributed by atoms with E-state index in [9.17, 15) is 20.4 Å². The lowest BCUT2D eigenvalue weighted by Crippen LogP contribution is -2.67. The molecule has 196 valence electrons. The highest BCUT2D eigenvalue weighted by molar-refractivity contribution is 5.19. The van der Waals surface area contributed by atoms with Crippen molar-refractivity contribution in [1.29, 1.82) is 0 Å². The van der Waals surface area contributed by atoms with E-state index >= 15 is 0 Å². The van der Waals surface area contributed by atoms with Crippen molar-refractivity contribution in [3.63, 3.8) is 0 Å². The number of aliphatic hydroxyl groups is 4. The van der Waals surface area contributed by atoms with Crippen LogP contribution < -0.4 is 5.73 Å². The van der Waals surface area contributed by atoms with Crippen LogP contribution >= 0.6 is 0 Å². The first-order valence-electron chi connectivity index (χ1n) is 13.7. The molecule has 0 aromatic rings. The van der Waals surface area contributed by atoms with Crippen LogP contribution in [0.25, 0.3) is 0 Å². The van der Waals surface area contributed by atoms with Gasteiger partial charge in [0.25, 0.3) is 0 Å². The molecule has 14 atom stereocenters. The van der Waals surface area contributed by atoms with E-state index in [0.29, 0.717) is 23.7 Å². The fraction of sp³-hybridized carbons (Fsp3) is 1.00. The highest BCUT2D eigenvalue weighted by atomic mass is 16.7. The minimum atomic E-state index is -1.26. The molecule has 1 heterocycles. The summed E-state index contributed by atoms with van der Waals surface area (Å²) >= 11 is 0. The highest BCUT2D eigenvalue weighted by Crippen LogP contribution is 2.68. The molecule has 5 rings (SSSR count). The van der Waals surface area contributed by atoms with Crippen LogP contribution in [0.1, 0.15) is 85.5 Å². The second-order valence-electron chi connectivity index (χ2n) is 13.1. The molecule has 0 aromatic carbocycles. The van der Waals surface area contributed by atoms with Crippen molar-refractivity contribution in [2.45, 2.75) is 134 Å². The zero-order valence-electron chi connectivity index (χ0n) is 21.4. The molecule has 0 radical (unpaired) electrons. The summed E-state index contributed by atoms with van der Waals surface area (Å²) in [6.07, 6.45) is 4.12. The summed E-state index contributed by atoms with van der Waals surface area (Å²) in [7, 11) is 0. The third-order valence-corrected chi connectivity index (χ3v) is 11.7. The number of hydrogen-bond donors (Lipinski definition) is 5. The van der Waals surface area contributed by atoms with Gasteiger partial charge in [-0.1, -0.05) is 13.8 Å². The average molecular weight is 482 g/mol. The van der Waals surface area contributed by atoms with Crippen LogP contribution in [0.15, 0.2) is 0 Å². The van der Waals surface area contributed by atoms with E-state index in [0.717, 1.165) is 51.4 Å². The van der Waals surface area contributed by atoms with Crippen LogP contribution in [0.5, 0.6) is 0 Å². The van der Waals surface area contributed by atoms with Crippen LogP contribution in [-0.4, -0.2) is 68.9 Å². The number of hydrogen-bond acceptors (Lipinski definition) is 7. The van der Waals surface area contributed by atoms with Gasteiger partial charge in [0.15, 0.2) is 6.29 Å². The van der Waals surface area contributed by atoms with E-state index in [4.69, 9.17) is 15.2 Å². The Balaban J connectivity index is 1.29. The van der Waals surface area contributed by atoms with Crippen molar-refractivity contribution in [2.24, 2.45) is 40.2 Å². The van der Waals surface area contributed by atoms with Gasteiger partial charge in [0.1, 0.15) is 18.3 Å². The Morgan fingerprint density at radius 1 is 0.912 bits per heavy atom. The molecule has 5 aliphatic rings. The zero-order chi connectivity index (χ0) is 24.6. The van der Waals surface area contributed by atoms with Crippen molar-refractivity contribution in [3.05, 3.63) is 0 Å². The second kappa shape index (κ2) is 8.64. The van der Waals surface area contributed by atoms with Crippen molar-refractivity contribution in [2.75, 3.05) is 0 Å². The Hall–Kier alpha value is -0.280. The van der Waals surface area contributed by atoms with Gasteiger partial charge in [-0.25, -0.2) is 0 Å². The van der Waals surface area contributed by atoms with E-state index in [-0.39, 0.29) is 28.6 Å². The quantitative estimate of drug-likeness (QED) is 0.392. The molecule has 34 heavy (non-hydrogen) atoms. The first kappa shape index (κ1) is 25.4. The Morgan fingerprint density at radius 3 is 2.35 bits per heavy atom. The van der Waals surface area contributed by atoms with Crippen LogP contribution in [-0.2, 0) is 9.47 Å². The van der Waals surface area contributed by atoms with Gasteiger partial charge >= 0.3 is 0 Å². The van der Waals surface area contributed by atoms with Gasteiger partial charge in [-0.2, -0.15) is 0 Å². The second-order valence-corrected chi connectivity index (χ2v) is 13.1. The smallest absolute Gasteiger partial charge is 0.186 e. The van der Waals surface area contributed by atoms with Crippen LogP contribution in [0.3, 0.4) is 0 Å². The summed E-state index contributed by atoms with van der Waals surface area (Å²) < 4.78 is 11.9. The van der Waals surface area contributed by atoms with Gasteiger partial charge < -0.3 is 35.6 Å². The predicted octanol–water partition coefficient (Wildman–Crippen LogP) is 2.32. The van der Waals surface area contributed by atoms with Crippen molar-refractivity contribution in [1.82, 2.24) is 0 Å². The van der Waals surface area contributed by atoms with Gasteiger partial charge in [0.2, 0.25) is 0 Å². The van der Waals surface area contributed by atoms with Crippen molar-refractivity contribution in [3.8, 4) is 0 Å². The van der Waals surface area contributed by atoms with Gasteiger partial charge in [-0.3, -0.25) is 0 Å². The molecule has 4 aliphatic carbocycles. The summed E-state index contributed by atoms with van der Waals surface area (Å²) in [5, 5.41) is 41.0. The summed E-state index contributed by atoms with van der Waals surface area (Å²) in [6, 6.07) is 0. The Kier molecular flexibility index (Phi) is 6.45. The fourth-order valence-electron chi connectivity index (χ4n) is 9.54. The minimum absolute atomic E-state index is 0.0163. The fourth-order valence-corrected chi connectivity index (χ4v) is 9.54. The lowest BCUT2D eigenvalue weighted by molar-refractivity contribution is -0.309. The molecule has 4 saturated carbocycles. The third kappa shape index (κ3) is 3.56. The predicted molar refractivity (Wildman–Crippen MR) is 128 cm³/mol. The average Bonchev–Trinajstić information content (AvgIpc) is 3.07. The number of nitrogens with two attached hydrogens (primary N) is 1. The van der Waals surface area contributed by atoms with E-state index in [1.807, 2.05) is 6.92 Å². The van der Waals surface area contributed by atoms with Gasteiger partial charge in [-0.05, 0) is 106 Å². The molecule has 5 fully saturated rings. The number of fused-ring (bicyclic) bond motifs is 5. The molecule has 0 spiro atoms. The molecular weight excluding hydrogens is 434 g/mol. The first-order chi connectivity index (χ1) is 15.9. The maximum absolute atomic E-state index is 10.5. The highest BCUT2D eigenvalue weighted by Gasteiger charge is 2.66. The molecule has 7 heteroatoms. The molecular formula is C27H47NO6. The summed E-state index contributed by atoms with van der Waals surface area (Å²) in [5.74, 6) is 1.95. The van der Waals surface area contributed by atoms with Crippen molar-refractivity contribution < 1.29 is 29.9 Å². The third-order valence-electron chi connectivity index (χ3n) is 11.7. The topological polar surface area (TPSA) is 125 Å². The normalized spacial score (nSPS) is 58.5. The monoisotopic (exact) mass is 481 g/mol. The van der Waals surface area contributed by atoms with Gasteiger partial charge in [0.05, 0.1) is 18.3 Å². The first-order valence-corrected chi connectivity index (χ1v) is 13.7. The molecule has 0 aromatic heterocycles. The SMILES string of the molecule is C[C@@H]1O[C@@H](O[C@@H]2CC[C@@]3(C)[C@@H](CC[C@@H]4[C@@H]3CC[C@]3(C)[C@@H]([C@@H](C)O)CC[C@@]43N)C2)[C@H](O)[C@H](O)[C@H]1O. The standard InChI is InChI=1S/C27H47NO6/c1-14(29)18-9-12-27(28)20-6-5-16-13-17(34-24-23(32)22(31)21(30)15(2)33-24)7-10-25(16,3)19(20)8-11-26(18,27)4/h14-24,29-32H,5-13,28H2,1-4H3/t14-,15+,16+,17-,18-,19+,20-,21+,22-,23-,24+,25+,26-,27-/m1/s1. The van der Waals surface area contributed by atoms with Crippen LogP contribution in [0.2, 0.25) is 0 Å². The van der Waals surface area contributed by atoms with E-state index in [1.54, 1.807) is 6.92 Å². The Bertz CT molecular complexity index is 765. The Morgan fingerprint density at radius 2 is 1.65 bits per heavy atom. The molecule has 1 saturated heterocycles. The lowest BCUT2D eigenvalue weighted by atomic mass is 9.42. The zero-order valence-corrected chi connectivity index (χ0v) is 21.4. The molecule has 6 N–H and O–H groups in total. The van der Waals surface area contributed by atoms with Gasteiger partial charge in [0, 0.05) is 5.54 Å².